The van der Waals surface area contributed by atoms with Crippen molar-refractivity contribution in [3.05, 3.63) is 0 Å². The topological polar surface area (TPSA) is 358 Å². The Labute approximate surface area is 315 Å². The molecule has 24 heteroatoms. The van der Waals surface area contributed by atoms with Crippen LogP contribution in [0.15, 0.2) is 0 Å². The Hall–Kier alpha value is -0.400. The molecule has 0 spiro atoms. The molecule has 208 valence electrons. The van der Waals surface area contributed by atoms with Crippen LogP contribution in [0.2, 0.25) is 0 Å². The number of hydrogen-bond donors (Lipinski definition) is 8. The van der Waals surface area contributed by atoms with Crippen LogP contribution in [0.25, 0.3) is 0 Å². The van der Waals surface area contributed by atoms with Crippen LogP contribution in [0.3, 0.4) is 0 Å². The normalized spacial score (nSPS) is 8.00. The molecule has 0 radical (unpaired) electrons. The van der Waals surface area contributed by atoms with Gasteiger partial charge in [0.15, 0.2) is 0 Å². The van der Waals surface area contributed by atoms with Crippen LogP contribution in [0.5, 0.6) is 0 Å². The molecule has 0 aromatic heterocycles. The summed E-state index contributed by atoms with van der Waals surface area (Å²) in [6.45, 7) is -3.11. The molecule has 0 saturated carbocycles. The smallest absolute Gasteiger partial charge is 0.549 e. The average Bonchev–Trinajstić information content (AvgIpc) is 2.67. The van der Waals surface area contributed by atoms with Crippen molar-refractivity contribution in [2.75, 3.05) is 52.4 Å². The van der Waals surface area contributed by atoms with Crippen molar-refractivity contribution in [3.63, 3.8) is 0 Å². The van der Waals surface area contributed by atoms with Crippen molar-refractivity contribution < 1.29 is 197 Å². The third-order valence-corrected chi connectivity index (χ3v) is 2.18. The number of carbonyl (C=O) groups excluding carboxylic acids is 4. The number of rotatable bonds is 16. The summed E-state index contributed by atoms with van der Waals surface area (Å²) >= 11 is 0. The summed E-state index contributed by atoms with van der Waals surface area (Å²) in [7, 11) is 0. The monoisotopic (exact) mass is 620 g/mol. The van der Waals surface area contributed by atoms with Gasteiger partial charge in [0.25, 0.3) is 0 Å². The predicted octanol–water partition coefficient (Wildman–Crippen LogP) is -22.3. The van der Waals surface area contributed by atoms with Crippen LogP contribution in [0.1, 0.15) is 0 Å². The largest absolute Gasteiger partial charge is 1.00 e. The summed E-state index contributed by atoms with van der Waals surface area (Å²) < 4.78 is 0. The molecule has 0 aliphatic heterocycles. The summed E-state index contributed by atoms with van der Waals surface area (Å²) in [6, 6.07) is 0. The summed E-state index contributed by atoms with van der Waals surface area (Å²) in [6.07, 6.45) is 0. The number of nitrogens with one attached hydrogen (secondary N) is 4. The minimum Gasteiger partial charge on any atom is -0.549 e. The maximum Gasteiger partial charge on any atom is 1.00 e. The zero-order valence-electron chi connectivity index (χ0n) is 22.3. The SMILES string of the molecule is O=C([O-])CNCC(=O)O.O=C([O-])CNCC(=O)O.O=C([O-])CNCC(=O)O.O=C([O-])CNCC(=O)O.[Na+].[Na+].[Na+].[Na+]. The minimum atomic E-state index is -1.31. The molecule has 0 fully saturated rings. The first kappa shape index (κ1) is 59.1. The van der Waals surface area contributed by atoms with E-state index in [1.54, 1.807) is 0 Å². The van der Waals surface area contributed by atoms with Crippen LogP contribution in [0.4, 0.5) is 0 Å². The zero-order valence-corrected chi connectivity index (χ0v) is 30.3. The van der Waals surface area contributed by atoms with Gasteiger partial charge in [-0.3, -0.25) is 19.2 Å². The first-order valence-electron chi connectivity index (χ1n) is 9.00. The first-order valence-corrected chi connectivity index (χ1v) is 9.00. The van der Waals surface area contributed by atoms with Crippen molar-refractivity contribution in [2.45, 2.75) is 0 Å². The van der Waals surface area contributed by atoms with E-state index < -0.39 is 73.9 Å². The molecule has 0 unspecified atom stereocenters. The molecule has 0 saturated heterocycles. The van der Waals surface area contributed by atoms with Gasteiger partial charge in [0.1, 0.15) is 0 Å². The van der Waals surface area contributed by atoms with Crippen molar-refractivity contribution in [1.29, 1.82) is 0 Å². The fourth-order valence-corrected chi connectivity index (χ4v) is 1.09. The number of carboxylic acid groups (broad SMARTS) is 8. The minimum absolute atomic E-state index is 0. The maximum atomic E-state index is 9.70. The molecule has 20 nitrogen and oxygen atoms in total. The van der Waals surface area contributed by atoms with Crippen molar-refractivity contribution in [3.8, 4) is 0 Å². The van der Waals surface area contributed by atoms with Gasteiger partial charge < -0.3 is 81.3 Å². The Morgan fingerprint density at radius 2 is 0.475 bits per heavy atom. The predicted molar refractivity (Wildman–Crippen MR) is 102 cm³/mol. The maximum absolute atomic E-state index is 9.70. The van der Waals surface area contributed by atoms with Crippen LogP contribution >= 0.6 is 0 Å². The van der Waals surface area contributed by atoms with Crippen LogP contribution in [-0.2, 0) is 38.4 Å². The molecule has 0 atom stereocenters. The van der Waals surface area contributed by atoms with Gasteiger partial charge >= 0.3 is 142 Å². The van der Waals surface area contributed by atoms with E-state index in [0.717, 1.165) is 0 Å². The summed E-state index contributed by atoms with van der Waals surface area (Å²) in [4.78, 5) is 77.3. The standard InChI is InChI=1S/4C4H7NO4.4Na/c4*6-3(7)1-5-2-4(8)9;;;;/h4*5H,1-2H2,(H,6,7)(H,8,9);;;;/q;;;;4*+1/p-4. The van der Waals surface area contributed by atoms with Crippen molar-refractivity contribution in [2.24, 2.45) is 0 Å². The quantitative estimate of drug-likeness (QED) is 0.0742. The van der Waals surface area contributed by atoms with Gasteiger partial charge in [-0.1, -0.05) is 0 Å². The van der Waals surface area contributed by atoms with Crippen LogP contribution in [-0.4, -0.2) is 121 Å². The van der Waals surface area contributed by atoms with Gasteiger partial charge in [-0.25, -0.2) is 0 Å². The van der Waals surface area contributed by atoms with Gasteiger partial charge in [-0.05, 0) is 0 Å². The average molecular weight is 620 g/mol. The summed E-state index contributed by atoms with van der Waals surface area (Å²) in [5.41, 5.74) is 0. The number of aliphatic carboxylic acids is 8. The first-order chi connectivity index (χ1) is 16.5. The van der Waals surface area contributed by atoms with E-state index in [0.29, 0.717) is 0 Å². The van der Waals surface area contributed by atoms with E-state index in [4.69, 9.17) is 20.4 Å². The Kier molecular flexibility index (Phi) is 63.6. The molecular weight excluding hydrogens is 596 g/mol. The van der Waals surface area contributed by atoms with E-state index in [9.17, 15) is 58.8 Å². The summed E-state index contributed by atoms with van der Waals surface area (Å²) in [5, 5.41) is 78.7. The van der Waals surface area contributed by atoms with Gasteiger partial charge in [-0.2, -0.15) is 0 Å². The Morgan fingerprint density at radius 3 is 0.550 bits per heavy atom. The fraction of sp³-hybridized carbons (Fsp3) is 0.500. The Morgan fingerprint density at radius 1 is 0.350 bits per heavy atom. The number of carbonyl (C=O) groups is 8. The van der Waals surface area contributed by atoms with E-state index >= 15 is 0 Å². The molecule has 0 heterocycles. The zero-order chi connectivity index (χ0) is 29.1. The van der Waals surface area contributed by atoms with E-state index in [1.807, 2.05) is 0 Å². The Bertz CT molecular complexity index is 570. The molecule has 0 bridgehead atoms. The van der Waals surface area contributed by atoms with Gasteiger partial charge in [0.05, 0.1) is 50.1 Å². The molecule has 0 amide bonds. The molecule has 0 aromatic carbocycles. The van der Waals surface area contributed by atoms with Gasteiger partial charge in [-0.15, -0.1) is 0 Å². The van der Waals surface area contributed by atoms with Gasteiger partial charge in [0.2, 0.25) is 0 Å². The molecule has 0 aliphatic rings. The van der Waals surface area contributed by atoms with E-state index in [1.165, 1.54) is 0 Å². The van der Waals surface area contributed by atoms with Crippen molar-refractivity contribution >= 4 is 47.8 Å². The second-order valence-electron chi connectivity index (χ2n) is 5.48. The van der Waals surface area contributed by atoms with Gasteiger partial charge in [0, 0.05) is 26.2 Å². The number of hydrogen-bond acceptors (Lipinski definition) is 16. The fourth-order valence-electron chi connectivity index (χ4n) is 1.09. The second-order valence-corrected chi connectivity index (χ2v) is 5.48. The van der Waals surface area contributed by atoms with Crippen molar-refractivity contribution in [1.82, 2.24) is 21.3 Å². The second kappa shape index (κ2) is 43.1. The molecule has 0 aliphatic carbocycles. The van der Waals surface area contributed by atoms with E-state index in [2.05, 4.69) is 21.3 Å². The molecule has 0 rings (SSSR count). The molecular formula is C16H24N4Na4O16. The summed E-state index contributed by atoms with van der Waals surface area (Å²) in [5.74, 6) is -9.58. The van der Waals surface area contributed by atoms with E-state index in [-0.39, 0.29) is 144 Å². The number of carboxylic acids is 8. The van der Waals surface area contributed by atoms with Crippen LogP contribution in [0, 0.1) is 0 Å². The molecule has 40 heavy (non-hydrogen) atoms. The third-order valence-electron chi connectivity index (χ3n) is 2.18. The molecule has 0 aromatic rings. The molecule has 8 N–H and O–H groups in total. The Balaban J connectivity index is -0.0000000551. The van der Waals surface area contributed by atoms with Crippen LogP contribution < -0.4 is 160 Å². The third kappa shape index (κ3) is 90.4.